The minimum Gasteiger partial charge on any atom is -0.387 e. The molecular formula is C29H34F3N5O3. The maximum absolute atomic E-state index is 13.1. The summed E-state index contributed by atoms with van der Waals surface area (Å²) in [4.78, 5) is 41.2. The number of aldehydes is 1. The zero-order valence-electron chi connectivity index (χ0n) is 22.6. The van der Waals surface area contributed by atoms with Gasteiger partial charge in [0.15, 0.2) is 0 Å². The van der Waals surface area contributed by atoms with E-state index in [0.717, 1.165) is 43.6 Å². The number of hydrogen-bond acceptors (Lipinski definition) is 6. The van der Waals surface area contributed by atoms with Gasteiger partial charge in [-0.25, -0.2) is 4.99 Å². The van der Waals surface area contributed by atoms with E-state index in [9.17, 15) is 22.8 Å². The van der Waals surface area contributed by atoms with Crippen molar-refractivity contribution in [3.63, 3.8) is 0 Å². The first kappa shape index (κ1) is 30.6. The third kappa shape index (κ3) is 8.51. The number of amidine groups is 1. The summed E-state index contributed by atoms with van der Waals surface area (Å²) in [6.07, 6.45) is -0.746. The van der Waals surface area contributed by atoms with Gasteiger partial charge in [0.25, 0.3) is 5.91 Å². The van der Waals surface area contributed by atoms with Gasteiger partial charge in [0.05, 0.1) is 5.69 Å². The molecule has 11 heteroatoms. The number of amides is 2. The molecule has 0 spiro atoms. The van der Waals surface area contributed by atoms with E-state index in [4.69, 9.17) is 10.5 Å². The molecule has 0 bridgehead atoms. The molecule has 0 saturated carbocycles. The van der Waals surface area contributed by atoms with Gasteiger partial charge < -0.3 is 21.3 Å². The van der Waals surface area contributed by atoms with Crippen LogP contribution in [0, 0.1) is 0 Å². The van der Waals surface area contributed by atoms with E-state index < -0.39 is 12.5 Å². The smallest absolute Gasteiger partial charge is 0.387 e. The highest BCUT2D eigenvalue weighted by Gasteiger charge is 2.25. The van der Waals surface area contributed by atoms with Crippen LogP contribution in [0.5, 0.6) is 0 Å². The molecule has 2 aliphatic heterocycles. The molecule has 0 aliphatic carbocycles. The highest BCUT2D eigenvalue weighted by Crippen LogP contribution is 2.29. The van der Waals surface area contributed by atoms with E-state index in [1.807, 2.05) is 29.2 Å². The van der Waals surface area contributed by atoms with Crippen molar-refractivity contribution in [2.24, 2.45) is 10.7 Å². The summed E-state index contributed by atoms with van der Waals surface area (Å²) in [5.74, 6) is 0.159. The largest absolute Gasteiger partial charge is 0.446 e. The monoisotopic (exact) mass is 557 g/mol. The lowest BCUT2D eigenvalue weighted by molar-refractivity contribution is -0.156. The lowest BCUT2D eigenvalue weighted by Crippen LogP contribution is -2.34. The molecule has 0 unspecified atom stereocenters. The lowest BCUT2D eigenvalue weighted by atomic mass is 10.0. The quantitative estimate of drug-likeness (QED) is 0.425. The second kappa shape index (κ2) is 13.9. The topological polar surface area (TPSA) is 117 Å². The summed E-state index contributed by atoms with van der Waals surface area (Å²) in [6.45, 7) is 7.35. The van der Waals surface area contributed by atoms with Gasteiger partial charge >= 0.3 is 6.18 Å². The molecule has 2 aromatic carbocycles. The number of nitrogens with one attached hydrogen (secondary N) is 2. The Bertz CT molecular complexity index is 1300. The van der Waals surface area contributed by atoms with Crippen molar-refractivity contribution < 1.29 is 27.6 Å². The number of halogens is 3. The first-order valence-electron chi connectivity index (χ1n) is 13.2. The molecule has 8 nitrogen and oxygen atoms in total. The Balaban J connectivity index is 0.000000663. The van der Waals surface area contributed by atoms with E-state index in [1.165, 1.54) is 11.1 Å². The summed E-state index contributed by atoms with van der Waals surface area (Å²) < 4.78 is 31.2. The number of anilines is 1. The van der Waals surface area contributed by atoms with Gasteiger partial charge in [-0.3, -0.25) is 14.4 Å². The molecule has 0 aromatic heterocycles. The normalized spacial score (nSPS) is 14.2. The fraction of sp³-hybridized carbons (Fsp3) is 0.379. The number of aliphatic imine (C=N–C) groups is 1. The predicted molar refractivity (Wildman–Crippen MR) is 149 cm³/mol. The van der Waals surface area contributed by atoms with Gasteiger partial charge in [0, 0.05) is 48.4 Å². The fourth-order valence-corrected chi connectivity index (χ4v) is 4.49. The van der Waals surface area contributed by atoms with Crippen molar-refractivity contribution in [3.05, 3.63) is 64.2 Å². The highest BCUT2D eigenvalue weighted by molar-refractivity contribution is 6.08. The van der Waals surface area contributed by atoms with E-state index in [0.29, 0.717) is 42.2 Å². The van der Waals surface area contributed by atoms with Crippen LogP contribution in [0.1, 0.15) is 60.2 Å². The molecule has 0 atom stereocenters. The predicted octanol–water partition coefficient (Wildman–Crippen LogP) is 4.76. The number of fused-ring (bicyclic) bond motifs is 2. The maximum atomic E-state index is 13.1. The molecule has 0 fully saturated rings. The van der Waals surface area contributed by atoms with Gasteiger partial charge in [-0.2, -0.15) is 13.2 Å². The molecule has 214 valence electrons. The molecule has 0 radical (unpaired) electrons. The third-order valence-electron chi connectivity index (χ3n) is 6.29. The van der Waals surface area contributed by atoms with Gasteiger partial charge in [0.1, 0.15) is 5.84 Å². The van der Waals surface area contributed by atoms with Crippen LogP contribution >= 0.6 is 0 Å². The van der Waals surface area contributed by atoms with Crippen LogP contribution in [0.25, 0.3) is 6.08 Å². The van der Waals surface area contributed by atoms with Crippen LogP contribution in [0.3, 0.4) is 0 Å². The minimum absolute atomic E-state index is 0.00146. The zero-order valence-corrected chi connectivity index (χ0v) is 22.6. The summed E-state index contributed by atoms with van der Waals surface area (Å²) in [5, 5.41) is 6.35. The number of benzene rings is 2. The summed E-state index contributed by atoms with van der Waals surface area (Å²) in [6, 6.07) is 11.4. The van der Waals surface area contributed by atoms with Gasteiger partial charge in [-0.15, -0.1) is 0 Å². The molecule has 2 heterocycles. The molecule has 4 N–H and O–H groups in total. The minimum atomic E-state index is -4.64. The number of rotatable bonds is 7. The van der Waals surface area contributed by atoms with E-state index in [-0.39, 0.29) is 11.8 Å². The van der Waals surface area contributed by atoms with Crippen LogP contribution in [-0.4, -0.2) is 54.6 Å². The van der Waals surface area contributed by atoms with E-state index >= 15 is 0 Å². The molecule has 2 aromatic rings. The van der Waals surface area contributed by atoms with Crippen molar-refractivity contribution in [1.29, 1.82) is 0 Å². The third-order valence-corrected chi connectivity index (χ3v) is 6.29. The Morgan fingerprint density at radius 1 is 1.10 bits per heavy atom. The average molecular weight is 558 g/mol. The van der Waals surface area contributed by atoms with Crippen LogP contribution in [0.15, 0.2) is 47.0 Å². The van der Waals surface area contributed by atoms with Crippen molar-refractivity contribution >= 4 is 41.4 Å². The number of carbonyl (C=O) groups is 3. The Kier molecular flexibility index (Phi) is 10.6. The van der Waals surface area contributed by atoms with Crippen molar-refractivity contribution in [2.45, 2.75) is 52.3 Å². The summed E-state index contributed by atoms with van der Waals surface area (Å²) >= 11 is 0. The summed E-state index contributed by atoms with van der Waals surface area (Å²) in [5.41, 5.74) is 12.0. The molecule has 4 rings (SSSR count). The maximum Gasteiger partial charge on any atom is 0.446 e. The number of hydrogen-bond donors (Lipinski definition) is 3. The Morgan fingerprint density at radius 2 is 1.80 bits per heavy atom. The molecule has 2 aliphatic rings. The van der Waals surface area contributed by atoms with Gasteiger partial charge in [0.2, 0.25) is 12.2 Å². The number of carbonyl (C=O) groups excluding carboxylic acids is 3. The molecule has 0 saturated heterocycles. The van der Waals surface area contributed by atoms with Crippen LogP contribution in [-0.2, 0) is 22.6 Å². The van der Waals surface area contributed by atoms with Gasteiger partial charge in [-0.05, 0) is 67.3 Å². The van der Waals surface area contributed by atoms with Crippen molar-refractivity contribution in [3.8, 4) is 0 Å². The lowest BCUT2D eigenvalue weighted by Gasteiger charge is -2.22. The Morgan fingerprint density at radius 3 is 2.45 bits per heavy atom. The zero-order chi connectivity index (χ0) is 29.3. The Labute approximate surface area is 231 Å². The first-order valence-corrected chi connectivity index (χ1v) is 13.2. The van der Waals surface area contributed by atoms with Crippen molar-refractivity contribution in [1.82, 2.24) is 10.2 Å². The number of alkyl halides is 3. The SMILES string of the molecule is CCCN(CCC)C(=O)C1=Cc2ccc(C(=O)Nc3ccc4c(c3)CNCC4)cc2N=C(N)C1.O=CC(F)(F)F. The average Bonchev–Trinajstić information content (AvgIpc) is 3.09. The second-order valence-corrected chi connectivity index (χ2v) is 9.54. The first-order chi connectivity index (χ1) is 19.0. The van der Waals surface area contributed by atoms with E-state index in [2.05, 4.69) is 35.5 Å². The Hall–Kier alpha value is -3.99. The highest BCUT2D eigenvalue weighted by atomic mass is 19.4. The fourth-order valence-electron chi connectivity index (χ4n) is 4.49. The van der Waals surface area contributed by atoms with Crippen molar-refractivity contribution in [2.75, 3.05) is 25.0 Å². The van der Waals surface area contributed by atoms with E-state index in [1.54, 1.807) is 12.1 Å². The number of nitrogens with zero attached hydrogens (tertiary/aromatic N) is 2. The molecule has 40 heavy (non-hydrogen) atoms. The van der Waals surface area contributed by atoms with Gasteiger partial charge in [-0.1, -0.05) is 26.0 Å². The van der Waals surface area contributed by atoms with Crippen LogP contribution in [0.2, 0.25) is 0 Å². The standard InChI is InChI=1S/C27H33N5O2.C2HF3O/c1-3-11-32(12-4-2)27(34)21-13-19-5-6-20(15-24(19)31-25(28)16-21)26(33)30-23-8-7-18-9-10-29-17-22(18)14-23;3-2(4,5)1-6/h5-8,13-15,29H,3-4,9-12,16-17H2,1-2H3,(H2,28,31)(H,30,33);1H. The number of nitrogens with two attached hydrogens (primary N) is 1. The second-order valence-electron chi connectivity index (χ2n) is 9.54. The molecule has 2 amide bonds. The summed E-state index contributed by atoms with van der Waals surface area (Å²) in [7, 11) is 0. The van der Waals surface area contributed by atoms with Crippen LogP contribution in [0.4, 0.5) is 24.5 Å². The van der Waals surface area contributed by atoms with Crippen LogP contribution < -0.4 is 16.4 Å². The molecular weight excluding hydrogens is 523 g/mol.